The summed E-state index contributed by atoms with van der Waals surface area (Å²) in [5.41, 5.74) is 7.45. The van der Waals surface area contributed by atoms with Crippen LogP contribution in [0.2, 0.25) is 0 Å². The van der Waals surface area contributed by atoms with Crippen molar-refractivity contribution >= 4 is 16.9 Å². The van der Waals surface area contributed by atoms with Gasteiger partial charge in [0.15, 0.2) is 0 Å². The highest BCUT2D eigenvalue weighted by molar-refractivity contribution is 5.86. The minimum Gasteiger partial charge on any atom is -0.396 e. The highest BCUT2D eigenvalue weighted by Crippen LogP contribution is 2.48. The molecule has 0 amide bonds. The molecule has 1 aliphatic rings. The average Bonchev–Trinajstić information content (AvgIpc) is 2.81. The molecule has 1 fully saturated rings. The monoisotopic (exact) mass is 260 g/mol. The van der Waals surface area contributed by atoms with Crippen molar-refractivity contribution < 1.29 is 10.2 Å². The number of aromatic nitrogens is 3. The second-order valence-electron chi connectivity index (χ2n) is 4.87. The Morgan fingerprint density at radius 1 is 1.32 bits per heavy atom. The van der Waals surface area contributed by atoms with E-state index in [9.17, 15) is 10.2 Å². The van der Waals surface area contributed by atoms with Crippen LogP contribution in [0.4, 0.5) is 5.82 Å². The van der Waals surface area contributed by atoms with Crippen molar-refractivity contribution in [3.05, 3.63) is 30.7 Å². The molecule has 0 radical (unpaired) electrons. The Morgan fingerprint density at radius 2 is 2.11 bits per heavy atom. The summed E-state index contributed by atoms with van der Waals surface area (Å²) in [5.74, 6) is 0.351. The third kappa shape index (κ3) is 1.57. The van der Waals surface area contributed by atoms with Gasteiger partial charge in [-0.05, 0) is 11.6 Å². The number of hydrogen-bond donors (Lipinski definition) is 3. The van der Waals surface area contributed by atoms with Gasteiger partial charge in [-0.1, -0.05) is 6.58 Å². The molecule has 100 valence electrons. The fraction of sp³-hybridized carbons (Fsp3) is 0.385. The zero-order valence-corrected chi connectivity index (χ0v) is 10.4. The molecule has 0 unspecified atom stereocenters. The van der Waals surface area contributed by atoms with Gasteiger partial charge < -0.3 is 20.5 Å². The van der Waals surface area contributed by atoms with Crippen LogP contribution >= 0.6 is 0 Å². The molecule has 19 heavy (non-hydrogen) atoms. The van der Waals surface area contributed by atoms with Crippen LogP contribution in [-0.2, 0) is 0 Å². The number of nitrogens with two attached hydrogens (primary N) is 1. The SMILES string of the molecule is C=C1[C@@H](n2ccc3c(N)ncnc32)[C@H](CO)[C@H]1CO. The molecule has 0 aromatic carbocycles. The van der Waals surface area contributed by atoms with E-state index in [1.165, 1.54) is 6.33 Å². The van der Waals surface area contributed by atoms with Gasteiger partial charge in [-0.3, -0.25) is 0 Å². The normalized spacial score (nSPS) is 26.6. The summed E-state index contributed by atoms with van der Waals surface area (Å²) >= 11 is 0. The van der Waals surface area contributed by atoms with Gasteiger partial charge >= 0.3 is 0 Å². The molecule has 3 rings (SSSR count). The minimum absolute atomic E-state index is 0.00908. The Bertz CT molecular complexity index is 637. The molecular formula is C13H16N4O2. The quantitative estimate of drug-likeness (QED) is 0.691. The van der Waals surface area contributed by atoms with Gasteiger partial charge in [0.2, 0.25) is 0 Å². The van der Waals surface area contributed by atoms with Crippen LogP contribution in [0.1, 0.15) is 6.04 Å². The lowest BCUT2D eigenvalue weighted by molar-refractivity contribution is 0.0538. The molecule has 2 heterocycles. The molecule has 4 N–H and O–H groups in total. The topological polar surface area (TPSA) is 97.2 Å². The average molecular weight is 260 g/mol. The summed E-state index contributed by atoms with van der Waals surface area (Å²) in [6, 6.07) is 1.81. The molecule has 6 heteroatoms. The van der Waals surface area contributed by atoms with E-state index in [0.29, 0.717) is 5.82 Å². The summed E-state index contributed by atoms with van der Waals surface area (Å²) in [5, 5.41) is 19.6. The molecule has 0 saturated heterocycles. The molecule has 1 aliphatic carbocycles. The zero-order valence-electron chi connectivity index (χ0n) is 10.4. The zero-order chi connectivity index (χ0) is 13.6. The van der Waals surface area contributed by atoms with Crippen molar-refractivity contribution in [1.82, 2.24) is 14.5 Å². The molecule has 0 aliphatic heterocycles. The van der Waals surface area contributed by atoms with E-state index < -0.39 is 0 Å². The first kappa shape index (κ1) is 12.1. The largest absolute Gasteiger partial charge is 0.396 e. The van der Waals surface area contributed by atoms with Crippen LogP contribution in [-0.4, -0.2) is 38.0 Å². The van der Waals surface area contributed by atoms with Gasteiger partial charge in [0.1, 0.15) is 17.8 Å². The van der Waals surface area contributed by atoms with E-state index in [2.05, 4.69) is 16.5 Å². The van der Waals surface area contributed by atoms with Gasteiger partial charge in [0.25, 0.3) is 0 Å². The Kier molecular flexibility index (Phi) is 2.76. The Balaban J connectivity index is 2.06. The van der Waals surface area contributed by atoms with Crippen LogP contribution in [0.25, 0.3) is 11.0 Å². The third-order valence-corrected chi connectivity index (χ3v) is 4.03. The molecule has 2 aromatic heterocycles. The molecule has 0 spiro atoms. The van der Waals surface area contributed by atoms with Crippen LogP contribution in [0.15, 0.2) is 30.7 Å². The second-order valence-corrected chi connectivity index (χ2v) is 4.87. The van der Waals surface area contributed by atoms with E-state index in [1.54, 1.807) is 0 Å². The molecule has 2 aromatic rings. The lowest BCUT2D eigenvalue weighted by Crippen LogP contribution is -2.44. The first-order chi connectivity index (χ1) is 9.19. The first-order valence-corrected chi connectivity index (χ1v) is 6.16. The van der Waals surface area contributed by atoms with E-state index in [-0.39, 0.29) is 31.1 Å². The summed E-state index contributed by atoms with van der Waals surface area (Å²) < 4.78 is 1.95. The number of aliphatic hydroxyl groups excluding tert-OH is 2. The van der Waals surface area contributed by atoms with Crippen LogP contribution in [0.5, 0.6) is 0 Å². The van der Waals surface area contributed by atoms with Crippen molar-refractivity contribution in [2.45, 2.75) is 6.04 Å². The van der Waals surface area contributed by atoms with Crippen LogP contribution < -0.4 is 5.73 Å². The lowest BCUT2D eigenvalue weighted by Gasteiger charge is -2.46. The predicted octanol–water partition coefficient (Wildman–Crippen LogP) is 0.341. The summed E-state index contributed by atoms with van der Waals surface area (Å²) in [7, 11) is 0. The predicted molar refractivity (Wildman–Crippen MR) is 71.3 cm³/mol. The summed E-state index contributed by atoms with van der Waals surface area (Å²) in [6.45, 7) is 4.03. The van der Waals surface area contributed by atoms with Crippen LogP contribution in [0.3, 0.4) is 0 Å². The Labute approximate surface area is 110 Å². The molecule has 0 bridgehead atoms. The van der Waals surface area contributed by atoms with Gasteiger partial charge in [0.05, 0.1) is 18.0 Å². The number of nitrogen functional groups attached to an aromatic ring is 1. The number of aliphatic hydroxyl groups is 2. The van der Waals surface area contributed by atoms with Crippen molar-refractivity contribution in [2.24, 2.45) is 11.8 Å². The van der Waals surface area contributed by atoms with Gasteiger partial charge in [0, 0.05) is 24.6 Å². The second kappa shape index (κ2) is 4.32. The highest BCUT2D eigenvalue weighted by atomic mass is 16.3. The maximum atomic E-state index is 9.48. The maximum Gasteiger partial charge on any atom is 0.146 e. The fourth-order valence-electron chi connectivity index (χ4n) is 2.95. The fourth-order valence-corrected chi connectivity index (χ4v) is 2.95. The summed E-state index contributed by atoms with van der Waals surface area (Å²) in [6.07, 6.45) is 3.30. The number of hydrogen-bond acceptors (Lipinski definition) is 5. The highest BCUT2D eigenvalue weighted by Gasteiger charge is 2.45. The van der Waals surface area contributed by atoms with E-state index in [0.717, 1.165) is 16.6 Å². The Hall–Kier alpha value is -1.92. The van der Waals surface area contributed by atoms with E-state index in [1.807, 2.05) is 16.8 Å². The summed E-state index contributed by atoms with van der Waals surface area (Å²) in [4.78, 5) is 8.20. The van der Waals surface area contributed by atoms with Gasteiger partial charge in [-0.15, -0.1) is 0 Å². The van der Waals surface area contributed by atoms with E-state index >= 15 is 0 Å². The number of nitrogens with zero attached hydrogens (tertiary/aromatic N) is 3. The first-order valence-electron chi connectivity index (χ1n) is 6.16. The van der Waals surface area contributed by atoms with Crippen molar-refractivity contribution in [2.75, 3.05) is 18.9 Å². The minimum atomic E-state index is -0.0494. The third-order valence-electron chi connectivity index (χ3n) is 4.03. The smallest absolute Gasteiger partial charge is 0.146 e. The van der Waals surface area contributed by atoms with Crippen molar-refractivity contribution in [3.8, 4) is 0 Å². The maximum absolute atomic E-state index is 9.48. The van der Waals surface area contributed by atoms with Crippen molar-refractivity contribution in [1.29, 1.82) is 0 Å². The standard InChI is InChI=1S/C13H16N4O2/c1-7-9(4-18)10(5-19)11(7)17-3-2-8-12(14)15-6-16-13(8)17/h2-3,6,9-11,18-19H,1,4-5H2,(H2,14,15,16)/t9-,10+,11+/m0/s1. The van der Waals surface area contributed by atoms with Gasteiger partial charge in [-0.25, -0.2) is 9.97 Å². The Morgan fingerprint density at radius 3 is 2.79 bits per heavy atom. The number of rotatable bonds is 3. The number of fused-ring (bicyclic) bond motifs is 1. The molecule has 3 atom stereocenters. The van der Waals surface area contributed by atoms with Crippen LogP contribution in [0, 0.1) is 11.8 Å². The van der Waals surface area contributed by atoms with Gasteiger partial charge in [-0.2, -0.15) is 0 Å². The molecule has 6 nitrogen and oxygen atoms in total. The molecular weight excluding hydrogens is 244 g/mol. The van der Waals surface area contributed by atoms with E-state index in [4.69, 9.17) is 5.73 Å². The molecule has 1 saturated carbocycles. The lowest BCUT2D eigenvalue weighted by atomic mass is 9.66. The van der Waals surface area contributed by atoms with Crippen molar-refractivity contribution in [3.63, 3.8) is 0 Å². The number of anilines is 1.